The molecule has 0 saturated heterocycles. The van der Waals surface area contributed by atoms with Crippen molar-refractivity contribution in [2.45, 2.75) is 51.7 Å². The molecule has 2 heterocycles. The Balaban J connectivity index is 1.51. The van der Waals surface area contributed by atoms with Gasteiger partial charge in [0.15, 0.2) is 0 Å². The number of amides is 3. The summed E-state index contributed by atoms with van der Waals surface area (Å²) in [5.41, 5.74) is 3.64. The summed E-state index contributed by atoms with van der Waals surface area (Å²) >= 11 is 0. The van der Waals surface area contributed by atoms with Crippen LogP contribution in [0.1, 0.15) is 76.1 Å². The van der Waals surface area contributed by atoms with E-state index in [-0.39, 0.29) is 36.8 Å². The van der Waals surface area contributed by atoms with Crippen molar-refractivity contribution >= 4 is 17.7 Å². The van der Waals surface area contributed by atoms with E-state index < -0.39 is 6.04 Å². The van der Waals surface area contributed by atoms with Crippen LogP contribution < -0.4 is 0 Å². The Labute approximate surface area is 194 Å². The van der Waals surface area contributed by atoms with Gasteiger partial charge in [0, 0.05) is 12.5 Å². The zero-order valence-corrected chi connectivity index (χ0v) is 19.0. The van der Waals surface area contributed by atoms with Crippen LogP contribution in [0.15, 0.2) is 42.5 Å². The van der Waals surface area contributed by atoms with E-state index in [4.69, 9.17) is 0 Å². The van der Waals surface area contributed by atoms with Gasteiger partial charge in [-0.3, -0.25) is 19.3 Å². The molecule has 0 bridgehead atoms. The lowest BCUT2D eigenvalue weighted by atomic mass is 9.78. The van der Waals surface area contributed by atoms with E-state index in [1.807, 2.05) is 23.1 Å². The van der Waals surface area contributed by atoms with Crippen molar-refractivity contribution in [2.75, 3.05) is 13.1 Å². The third kappa shape index (κ3) is 3.76. The molecule has 1 saturated carbocycles. The second kappa shape index (κ2) is 8.75. The Morgan fingerprint density at radius 2 is 1.73 bits per heavy atom. The number of imide groups is 1. The minimum atomic E-state index is -0.413. The number of rotatable bonds is 4. The predicted molar refractivity (Wildman–Crippen MR) is 123 cm³/mol. The standard InChI is InChI=1S/C27H30N2O4/c1-17-6-2-3-7-20(17)25(31)28-13-12-19-11-10-18(16-30)14-23(19)24(28)15-29-26(32)21-8-4-5-9-22(21)27(29)33/h4-5,8-11,14,17,20,24,30H,2-3,6-7,12-13,15-16H2,1H3/t17-,20+,24+/m1/s1. The number of aliphatic hydroxyl groups excluding tert-OH is 1. The first-order valence-corrected chi connectivity index (χ1v) is 12.0. The lowest BCUT2D eigenvalue weighted by Gasteiger charge is -2.42. The van der Waals surface area contributed by atoms with Gasteiger partial charge in [-0.15, -0.1) is 0 Å². The van der Waals surface area contributed by atoms with Gasteiger partial charge in [-0.25, -0.2) is 0 Å². The van der Waals surface area contributed by atoms with Crippen LogP contribution in [0.2, 0.25) is 0 Å². The fourth-order valence-corrected chi connectivity index (χ4v) is 5.78. The molecule has 3 amide bonds. The quantitative estimate of drug-likeness (QED) is 0.726. The van der Waals surface area contributed by atoms with Crippen LogP contribution in [0.3, 0.4) is 0 Å². The Bertz CT molecular complexity index is 1080. The summed E-state index contributed by atoms with van der Waals surface area (Å²) in [6.45, 7) is 2.76. The number of fused-ring (bicyclic) bond motifs is 2. The molecule has 2 aliphatic heterocycles. The van der Waals surface area contributed by atoms with Crippen LogP contribution in [-0.2, 0) is 17.8 Å². The molecule has 1 N–H and O–H groups in total. The molecule has 2 aromatic rings. The number of hydrogen-bond acceptors (Lipinski definition) is 4. The van der Waals surface area contributed by atoms with E-state index in [1.165, 1.54) is 4.90 Å². The summed E-state index contributed by atoms with van der Waals surface area (Å²) in [6.07, 6.45) is 4.89. The molecule has 172 valence electrons. The molecule has 0 unspecified atom stereocenters. The highest BCUT2D eigenvalue weighted by Crippen LogP contribution is 2.38. The maximum atomic E-state index is 13.8. The van der Waals surface area contributed by atoms with Gasteiger partial charge in [-0.1, -0.05) is 50.1 Å². The number of hydrogen-bond donors (Lipinski definition) is 1. The average Bonchev–Trinajstić information content (AvgIpc) is 3.08. The second-order valence-electron chi connectivity index (χ2n) is 9.62. The summed E-state index contributed by atoms with van der Waals surface area (Å²) in [4.78, 5) is 43.2. The van der Waals surface area contributed by atoms with Crippen molar-refractivity contribution < 1.29 is 19.5 Å². The maximum absolute atomic E-state index is 13.8. The second-order valence-corrected chi connectivity index (χ2v) is 9.62. The highest BCUT2D eigenvalue weighted by molar-refractivity contribution is 6.21. The van der Waals surface area contributed by atoms with Crippen molar-refractivity contribution in [1.29, 1.82) is 0 Å². The smallest absolute Gasteiger partial charge is 0.261 e. The van der Waals surface area contributed by atoms with Gasteiger partial charge in [0.25, 0.3) is 11.8 Å². The third-order valence-electron chi connectivity index (χ3n) is 7.70. The molecular weight excluding hydrogens is 416 g/mol. The maximum Gasteiger partial charge on any atom is 0.261 e. The number of aliphatic hydroxyl groups is 1. The van der Waals surface area contributed by atoms with E-state index in [2.05, 4.69) is 6.92 Å². The lowest BCUT2D eigenvalue weighted by molar-refractivity contribution is -0.141. The van der Waals surface area contributed by atoms with Crippen molar-refractivity contribution in [2.24, 2.45) is 11.8 Å². The molecule has 1 fully saturated rings. The zero-order chi connectivity index (χ0) is 23.1. The number of carbonyl (C=O) groups is 3. The topological polar surface area (TPSA) is 77.9 Å². The van der Waals surface area contributed by atoms with Crippen LogP contribution in [0.5, 0.6) is 0 Å². The molecule has 0 aromatic heterocycles. The molecule has 2 aromatic carbocycles. The SMILES string of the molecule is C[C@@H]1CCCC[C@@H]1C(=O)N1CCc2ccc(CO)cc2[C@@H]1CN1C(=O)c2ccccc2C1=O. The van der Waals surface area contributed by atoms with Crippen molar-refractivity contribution in [3.8, 4) is 0 Å². The fourth-order valence-electron chi connectivity index (χ4n) is 5.78. The fraction of sp³-hybridized carbons (Fsp3) is 0.444. The first-order valence-electron chi connectivity index (χ1n) is 12.0. The van der Waals surface area contributed by atoms with Crippen molar-refractivity contribution in [3.63, 3.8) is 0 Å². The van der Waals surface area contributed by atoms with E-state index in [1.54, 1.807) is 24.3 Å². The van der Waals surface area contributed by atoms with Gasteiger partial charge in [0.2, 0.25) is 5.91 Å². The number of benzene rings is 2. The largest absolute Gasteiger partial charge is 0.392 e. The van der Waals surface area contributed by atoms with Gasteiger partial charge in [-0.2, -0.15) is 0 Å². The van der Waals surface area contributed by atoms with Crippen molar-refractivity contribution in [1.82, 2.24) is 9.80 Å². The molecule has 3 atom stereocenters. The first-order chi connectivity index (χ1) is 16.0. The summed E-state index contributed by atoms with van der Waals surface area (Å²) in [5, 5.41) is 9.73. The monoisotopic (exact) mass is 446 g/mol. The highest BCUT2D eigenvalue weighted by atomic mass is 16.3. The Morgan fingerprint density at radius 1 is 1.03 bits per heavy atom. The summed E-state index contributed by atoms with van der Waals surface area (Å²) in [6, 6.07) is 12.3. The normalized spacial score (nSPS) is 24.6. The molecule has 6 heteroatoms. The first kappa shape index (κ1) is 21.8. The van der Waals surface area contributed by atoms with E-state index in [9.17, 15) is 19.5 Å². The van der Waals surface area contributed by atoms with E-state index in [0.717, 1.165) is 48.8 Å². The predicted octanol–water partition coefficient (Wildman–Crippen LogP) is 3.73. The van der Waals surface area contributed by atoms with Gasteiger partial charge in [-0.05, 0) is 54.0 Å². The van der Waals surface area contributed by atoms with E-state index in [0.29, 0.717) is 23.6 Å². The Kier molecular flexibility index (Phi) is 5.79. The highest BCUT2D eigenvalue weighted by Gasteiger charge is 2.42. The van der Waals surface area contributed by atoms with Gasteiger partial charge in [0.05, 0.1) is 30.3 Å². The summed E-state index contributed by atoms with van der Waals surface area (Å²) in [5.74, 6) is -0.176. The number of nitrogens with zero attached hydrogens (tertiary/aromatic N) is 2. The third-order valence-corrected chi connectivity index (χ3v) is 7.70. The van der Waals surface area contributed by atoms with E-state index >= 15 is 0 Å². The van der Waals surface area contributed by atoms with Crippen LogP contribution >= 0.6 is 0 Å². The molecule has 5 rings (SSSR count). The Morgan fingerprint density at radius 3 is 2.39 bits per heavy atom. The minimum Gasteiger partial charge on any atom is -0.392 e. The van der Waals surface area contributed by atoms with Gasteiger partial charge in [0.1, 0.15) is 0 Å². The molecule has 0 spiro atoms. The summed E-state index contributed by atoms with van der Waals surface area (Å²) < 4.78 is 0. The number of carbonyl (C=O) groups excluding carboxylic acids is 3. The molecule has 6 nitrogen and oxygen atoms in total. The lowest BCUT2D eigenvalue weighted by Crippen LogP contribution is -2.49. The molecule has 3 aliphatic rings. The molecule has 1 aliphatic carbocycles. The van der Waals surface area contributed by atoms with Crippen LogP contribution in [0.4, 0.5) is 0 Å². The van der Waals surface area contributed by atoms with Crippen LogP contribution in [0.25, 0.3) is 0 Å². The van der Waals surface area contributed by atoms with Crippen LogP contribution in [-0.4, -0.2) is 45.7 Å². The van der Waals surface area contributed by atoms with Gasteiger partial charge < -0.3 is 10.0 Å². The molecule has 33 heavy (non-hydrogen) atoms. The average molecular weight is 447 g/mol. The molecule has 0 radical (unpaired) electrons. The van der Waals surface area contributed by atoms with Crippen molar-refractivity contribution in [3.05, 3.63) is 70.3 Å². The summed E-state index contributed by atoms with van der Waals surface area (Å²) in [7, 11) is 0. The molecular formula is C27H30N2O4. The van der Waals surface area contributed by atoms with Gasteiger partial charge >= 0.3 is 0 Å². The van der Waals surface area contributed by atoms with Crippen LogP contribution in [0, 0.1) is 11.8 Å². The zero-order valence-electron chi connectivity index (χ0n) is 19.0. The minimum absolute atomic E-state index is 0.0222. The Hall–Kier alpha value is -2.99.